The topological polar surface area (TPSA) is 113 Å². The molecule has 4 aromatic rings. The van der Waals surface area contributed by atoms with Gasteiger partial charge in [-0.1, -0.05) is 54.6 Å². The number of aromatic nitrogens is 2. The van der Waals surface area contributed by atoms with E-state index < -0.39 is 23.5 Å². The van der Waals surface area contributed by atoms with Gasteiger partial charge >= 0.3 is 5.97 Å². The number of para-hydroxylation sites is 3. The van der Waals surface area contributed by atoms with Crippen LogP contribution in [0.3, 0.4) is 0 Å². The maximum Gasteiger partial charge on any atom is 0.305 e. The zero-order valence-electron chi connectivity index (χ0n) is 17.5. The molecule has 0 aliphatic heterocycles. The standard InChI is InChI=1S/C25H21N3O5/c29-23-15-21(27-28(23)17-9-3-1-4-10-17)25(32)26-20(16-24(30)31)19-13-7-8-14-22(19)33-18-11-5-2-6-12-18/h1-15,20,27H,16H2,(H,26,32)(H,30,31). The molecule has 1 aromatic heterocycles. The molecule has 1 unspecified atom stereocenters. The number of hydrogen-bond acceptors (Lipinski definition) is 4. The second kappa shape index (κ2) is 9.69. The number of nitrogens with one attached hydrogen (secondary N) is 2. The fourth-order valence-electron chi connectivity index (χ4n) is 3.41. The van der Waals surface area contributed by atoms with Gasteiger partial charge in [-0.3, -0.25) is 19.5 Å². The van der Waals surface area contributed by atoms with Crippen molar-refractivity contribution in [3.63, 3.8) is 0 Å². The summed E-state index contributed by atoms with van der Waals surface area (Å²) in [4.78, 5) is 36.9. The van der Waals surface area contributed by atoms with E-state index in [1.54, 1.807) is 60.7 Å². The number of carboxylic acids is 1. The minimum Gasteiger partial charge on any atom is -0.481 e. The van der Waals surface area contributed by atoms with E-state index in [-0.39, 0.29) is 12.1 Å². The van der Waals surface area contributed by atoms with Crippen molar-refractivity contribution < 1.29 is 19.4 Å². The van der Waals surface area contributed by atoms with Crippen molar-refractivity contribution in [2.75, 3.05) is 0 Å². The van der Waals surface area contributed by atoms with E-state index in [4.69, 9.17) is 4.74 Å². The summed E-state index contributed by atoms with van der Waals surface area (Å²) >= 11 is 0. The molecule has 1 amide bonds. The molecule has 33 heavy (non-hydrogen) atoms. The van der Waals surface area contributed by atoms with Crippen LogP contribution in [0.25, 0.3) is 5.69 Å². The van der Waals surface area contributed by atoms with Gasteiger partial charge in [-0.25, -0.2) is 4.68 Å². The lowest BCUT2D eigenvalue weighted by atomic mass is 10.0. The van der Waals surface area contributed by atoms with Gasteiger partial charge in [-0.15, -0.1) is 0 Å². The van der Waals surface area contributed by atoms with Crippen LogP contribution in [0.2, 0.25) is 0 Å². The molecule has 0 fully saturated rings. The highest BCUT2D eigenvalue weighted by atomic mass is 16.5. The Bertz CT molecular complexity index is 1310. The Morgan fingerprint density at radius 3 is 2.27 bits per heavy atom. The Hall–Kier alpha value is -4.59. The van der Waals surface area contributed by atoms with Crippen LogP contribution >= 0.6 is 0 Å². The molecule has 0 saturated carbocycles. The first-order valence-corrected chi connectivity index (χ1v) is 10.2. The average molecular weight is 443 g/mol. The van der Waals surface area contributed by atoms with E-state index in [2.05, 4.69) is 10.4 Å². The van der Waals surface area contributed by atoms with E-state index in [0.29, 0.717) is 22.7 Å². The van der Waals surface area contributed by atoms with Crippen molar-refractivity contribution in [2.45, 2.75) is 12.5 Å². The van der Waals surface area contributed by atoms with Gasteiger partial charge in [-0.2, -0.15) is 0 Å². The molecule has 1 atom stereocenters. The van der Waals surface area contributed by atoms with Crippen LogP contribution < -0.4 is 15.6 Å². The maximum absolute atomic E-state index is 12.9. The summed E-state index contributed by atoms with van der Waals surface area (Å²) in [7, 11) is 0. The van der Waals surface area contributed by atoms with Gasteiger partial charge in [0.1, 0.15) is 17.2 Å². The second-order valence-electron chi connectivity index (χ2n) is 7.26. The van der Waals surface area contributed by atoms with Crippen molar-refractivity contribution in [1.29, 1.82) is 0 Å². The van der Waals surface area contributed by atoms with E-state index in [1.165, 1.54) is 10.7 Å². The second-order valence-corrected chi connectivity index (χ2v) is 7.26. The highest BCUT2D eigenvalue weighted by Gasteiger charge is 2.23. The minimum absolute atomic E-state index is 0.0145. The summed E-state index contributed by atoms with van der Waals surface area (Å²) in [6.07, 6.45) is -0.371. The Morgan fingerprint density at radius 1 is 0.939 bits per heavy atom. The number of carboxylic acid groups (broad SMARTS) is 1. The maximum atomic E-state index is 12.9. The van der Waals surface area contributed by atoms with Gasteiger partial charge in [0.15, 0.2) is 0 Å². The van der Waals surface area contributed by atoms with Gasteiger partial charge in [0.05, 0.1) is 18.2 Å². The number of amides is 1. The van der Waals surface area contributed by atoms with Gasteiger partial charge in [0.25, 0.3) is 11.5 Å². The number of H-pyrrole nitrogens is 1. The molecule has 0 spiro atoms. The van der Waals surface area contributed by atoms with Crippen molar-refractivity contribution in [2.24, 2.45) is 0 Å². The summed E-state index contributed by atoms with van der Waals surface area (Å²) < 4.78 is 7.18. The molecule has 1 heterocycles. The molecule has 0 bridgehead atoms. The first-order valence-electron chi connectivity index (χ1n) is 10.2. The molecule has 8 heteroatoms. The van der Waals surface area contributed by atoms with Crippen molar-refractivity contribution in [1.82, 2.24) is 15.1 Å². The van der Waals surface area contributed by atoms with E-state index in [1.807, 2.05) is 24.3 Å². The number of carbonyl (C=O) groups is 2. The van der Waals surface area contributed by atoms with Crippen LogP contribution in [0.1, 0.15) is 28.5 Å². The summed E-state index contributed by atoms with van der Waals surface area (Å²) in [6, 6.07) is 25.1. The lowest BCUT2D eigenvalue weighted by Gasteiger charge is -2.20. The molecule has 0 radical (unpaired) electrons. The number of aliphatic carboxylic acids is 1. The predicted molar refractivity (Wildman–Crippen MR) is 122 cm³/mol. The predicted octanol–water partition coefficient (Wildman–Crippen LogP) is 3.90. The first kappa shape index (κ1) is 21.6. The third kappa shape index (κ3) is 5.19. The first-order chi connectivity index (χ1) is 16.0. The third-order valence-electron chi connectivity index (χ3n) is 4.93. The number of rotatable bonds is 8. The lowest BCUT2D eigenvalue weighted by molar-refractivity contribution is -0.137. The molecular weight excluding hydrogens is 422 g/mol. The zero-order valence-corrected chi connectivity index (χ0v) is 17.5. The van der Waals surface area contributed by atoms with E-state index >= 15 is 0 Å². The van der Waals surface area contributed by atoms with Crippen molar-refractivity contribution >= 4 is 11.9 Å². The SMILES string of the molecule is O=C(O)CC(NC(=O)c1cc(=O)n(-c2ccccc2)[nH]1)c1ccccc1Oc1ccccc1. The quantitative estimate of drug-likeness (QED) is 0.382. The molecule has 0 aliphatic rings. The third-order valence-corrected chi connectivity index (χ3v) is 4.93. The lowest BCUT2D eigenvalue weighted by Crippen LogP contribution is -2.30. The number of aromatic amines is 1. The fourth-order valence-corrected chi connectivity index (χ4v) is 3.41. The number of benzene rings is 3. The van der Waals surface area contributed by atoms with E-state index in [0.717, 1.165) is 0 Å². The molecule has 166 valence electrons. The molecule has 0 saturated heterocycles. The van der Waals surface area contributed by atoms with Gasteiger partial charge < -0.3 is 15.2 Å². The minimum atomic E-state index is -1.09. The average Bonchev–Trinajstić information content (AvgIpc) is 3.22. The smallest absolute Gasteiger partial charge is 0.305 e. The summed E-state index contributed by atoms with van der Waals surface area (Å²) in [5.41, 5.74) is 0.682. The summed E-state index contributed by atoms with van der Waals surface area (Å²) in [5.74, 6) is -0.701. The van der Waals surface area contributed by atoms with Crippen molar-refractivity contribution in [3.05, 3.63) is 113 Å². The molecule has 4 rings (SSSR count). The fraction of sp³-hybridized carbons (Fsp3) is 0.0800. The number of carbonyl (C=O) groups excluding carboxylic acids is 1. The number of hydrogen-bond donors (Lipinski definition) is 3. The Kier molecular flexibility index (Phi) is 6.36. The Balaban J connectivity index is 1.62. The monoisotopic (exact) mass is 443 g/mol. The van der Waals surface area contributed by atoms with Gasteiger partial charge in [0.2, 0.25) is 0 Å². The molecule has 0 aliphatic carbocycles. The highest BCUT2D eigenvalue weighted by Crippen LogP contribution is 2.31. The largest absolute Gasteiger partial charge is 0.481 e. The normalized spacial score (nSPS) is 11.5. The van der Waals surface area contributed by atoms with Crippen LogP contribution in [0, 0.1) is 0 Å². The number of nitrogens with zero attached hydrogens (tertiary/aromatic N) is 1. The van der Waals surface area contributed by atoms with Crippen molar-refractivity contribution in [3.8, 4) is 17.2 Å². The van der Waals surface area contributed by atoms with Gasteiger partial charge in [-0.05, 0) is 30.3 Å². The zero-order chi connectivity index (χ0) is 23.2. The van der Waals surface area contributed by atoms with Crippen LogP contribution in [-0.4, -0.2) is 26.8 Å². The summed E-state index contributed by atoms with van der Waals surface area (Å²) in [5, 5.41) is 14.9. The highest BCUT2D eigenvalue weighted by molar-refractivity contribution is 5.92. The Morgan fingerprint density at radius 2 is 1.58 bits per heavy atom. The number of ether oxygens (including phenoxy) is 1. The van der Waals surface area contributed by atoms with Crippen LogP contribution in [0.15, 0.2) is 95.8 Å². The molecule has 3 N–H and O–H groups in total. The van der Waals surface area contributed by atoms with Crippen LogP contribution in [0.4, 0.5) is 0 Å². The molecular formula is C25H21N3O5. The molecule has 8 nitrogen and oxygen atoms in total. The van der Waals surface area contributed by atoms with Crippen LogP contribution in [0.5, 0.6) is 11.5 Å². The van der Waals surface area contributed by atoms with E-state index in [9.17, 15) is 19.5 Å². The molecule has 3 aromatic carbocycles. The summed E-state index contributed by atoms with van der Waals surface area (Å²) in [6.45, 7) is 0. The van der Waals surface area contributed by atoms with Crippen LogP contribution in [-0.2, 0) is 4.79 Å². The Labute approximate surface area is 189 Å². The van der Waals surface area contributed by atoms with Gasteiger partial charge in [0, 0.05) is 11.6 Å².